The summed E-state index contributed by atoms with van der Waals surface area (Å²) in [5.74, 6) is -2.06. The zero-order valence-corrected chi connectivity index (χ0v) is 11.9. The Hall–Kier alpha value is -2.51. The molecule has 5 nitrogen and oxygen atoms in total. The molecule has 2 rings (SSSR count). The Balaban J connectivity index is 2.51. The van der Waals surface area contributed by atoms with E-state index in [4.69, 9.17) is 4.74 Å². The zero-order chi connectivity index (χ0) is 16.3. The van der Waals surface area contributed by atoms with Crippen molar-refractivity contribution in [2.45, 2.75) is 12.2 Å². The van der Waals surface area contributed by atoms with E-state index in [2.05, 4.69) is 5.10 Å². The van der Waals surface area contributed by atoms with Crippen molar-refractivity contribution in [1.29, 1.82) is 0 Å². The lowest BCUT2D eigenvalue weighted by Gasteiger charge is -2.20. The number of alkyl halides is 3. The molecule has 22 heavy (non-hydrogen) atoms. The van der Waals surface area contributed by atoms with Crippen molar-refractivity contribution in [1.82, 2.24) is 15.1 Å². The number of aryl methyl sites for hydroxylation is 1. The van der Waals surface area contributed by atoms with Crippen LogP contribution in [0.1, 0.15) is 17.2 Å². The summed E-state index contributed by atoms with van der Waals surface area (Å²) in [7, 11) is 2.94. The lowest BCUT2D eigenvalue weighted by Crippen LogP contribution is -2.41. The number of amides is 1. The molecule has 1 amide bonds. The number of halogens is 3. The fourth-order valence-corrected chi connectivity index (χ4v) is 2.22. The molecule has 1 unspecified atom stereocenters. The summed E-state index contributed by atoms with van der Waals surface area (Å²) in [5.41, 5.74) is 0.654. The predicted octanol–water partition coefficient (Wildman–Crippen LogP) is 2.20. The highest BCUT2D eigenvalue weighted by Gasteiger charge is 2.36. The molecule has 1 atom stereocenters. The van der Waals surface area contributed by atoms with Crippen LogP contribution in [0.25, 0.3) is 0 Å². The summed E-state index contributed by atoms with van der Waals surface area (Å²) in [6.45, 7) is 0. The fourth-order valence-electron chi connectivity index (χ4n) is 2.22. The van der Waals surface area contributed by atoms with Crippen molar-refractivity contribution in [3.8, 4) is 5.75 Å². The molecule has 0 aliphatic rings. The maximum atomic E-state index is 12.5. The summed E-state index contributed by atoms with van der Waals surface area (Å²) >= 11 is 0. The van der Waals surface area contributed by atoms with Gasteiger partial charge in [0.2, 0.25) is 5.91 Å². The van der Waals surface area contributed by atoms with E-state index in [1.165, 1.54) is 24.1 Å². The quantitative estimate of drug-likeness (QED) is 0.881. The average Bonchev–Trinajstić information content (AvgIpc) is 2.84. The van der Waals surface area contributed by atoms with Crippen LogP contribution in [-0.2, 0) is 11.8 Å². The van der Waals surface area contributed by atoms with Crippen LogP contribution in [0.4, 0.5) is 13.2 Å². The van der Waals surface area contributed by atoms with Crippen molar-refractivity contribution in [3.63, 3.8) is 0 Å². The highest BCUT2D eigenvalue weighted by Crippen LogP contribution is 2.32. The maximum Gasteiger partial charge on any atom is 0.484 e. The molecule has 1 aromatic carbocycles. The molecule has 0 spiro atoms. The molecular weight excluding hydrogens is 299 g/mol. The Morgan fingerprint density at radius 3 is 2.55 bits per heavy atom. The third-order valence-corrected chi connectivity index (χ3v) is 3.13. The number of hydrogen-bond donors (Lipinski definition) is 1. The summed E-state index contributed by atoms with van der Waals surface area (Å²) in [6, 6.07) is 7.92. The Bertz CT molecular complexity index is 667. The van der Waals surface area contributed by atoms with Gasteiger partial charge in [0.05, 0.1) is 12.8 Å². The lowest BCUT2D eigenvalue weighted by atomic mass is 9.93. The SMILES string of the molecule is COc1ccccc1C(C(=O)NC(F)(F)F)c1ccnn1C. The van der Waals surface area contributed by atoms with Gasteiger partial charge in [-0.05, 0) is 12.1 Å². The van der Waals surface area contributed by atoms with E-state index in [0.717, 1.165) is 5.32 Å². The van der Waals surface area contributed by atoms with Crippen molar-refractivity contribution in [2.24, 2.45) is 7.05 Å². The Morgan fingerprint density at radius 2 is 2.00 bits per heavy atom. The number of benzene rings is 1. The van der Waals surface area contributed by atoms with Crippen LogP contribution >= 0.6 is 0 Å². The second kappa shape index (κ2) is 6.08. The number of nitrogens with one attached hydrogen (secondary N) is 1. The van der Waals surface area contributed by atoms with E-state index >= 15 is 0 Å². The molecule has 0 aliphatic heterocycles. The van der Waals surface area contributed by atoms with E-state index in [-0.39, 0.29) is 0 Å². The van der Waals surface area contributed by atoms with Crippen LogP contribution in [0.5, 0.6) is 5.75 Å². The maximum absolute atomic E-state index is 12.5. The third kappa shape index (κ3) is 3.38. The Morgan fingerprint density at radius 1 is 1.32 bits per heavy atom. The molecule has 1 aromatic heterocycles. The number of hydrogen-bond acceptors (Lipinski definition) is 3. The number of para-hydroxylation sites is 1. The van der Waals surface area contributed by atoms with E-state index in [1.807, 2.05) is 0 Å². The van der Waals surface area contributed by atoms with Gasteiger partial charge >= 0.3 is 6.30 Å². The summed E-state index contributed by atoms with van der Waals surface area (Å²) in [6.07, 6.45) is -3.39. The minimum Gasteiger partial charge on any atom is -0.496 e. The van der Waals surface area contributed by atoms with Crippen molar-refractivity contribution >= 4 is 5.91 Å². The number of carbonyl (C=O) groups is 1. The van der Waals surface area contributed by atoms with E-state index < -0.39 is 18.1 Å². The van der Waals surface area contributed by atoms with Crippen molar-refractivity contribution in [3.05, 3.63) is 47.8 Å². The molecule has 1 heterocycles. The number of ether oxygens (including phenoxy) is 1. The van der Waals surface area contributed by atoms with E-state index in [1.54, 1.807) is 31.3 Å². The van der Waals surface area contributed by atoms with Gasteiger partial charge in [0, 0.05) is 18.8 Å². The average molecular weight is 313 g/mol. The van der Waals surface area contributed by atoms with Gasteiger partial charge in [-0.25, -0.2) is 0 Å². The molecule has 0 saturated carbocycles. The first-order valence-electron chi connectivity index (χ1n) is 6.33. The fraction of sp³-hybridized carbons (Fsp3) is 0.286. The summed E-state index contributed by atoms with van der Waals surface area (Å²) in [5, 5.41) is 4.96. The number of aromatic nitrogens is 2. The molecule has 2 aromatic rings. The zero-order valence-electron chi connectivity index (χ0n) is 11.9. The summed E-state index contributed by atoms with van der Waals surface area (Å²) in [4.78, 5) is 12.2. The van der Waals surface area contributed by atoms with Crippen molar-refractivity contribution in [2.75, 3.05) is 7.11 Å². The van der Waals surface area contributed by atoms with Gasteiger partial charge in [-0.2, -0.15) is 18.3 Å². The summed E-state index contributed by atoms with van der Waals surface area (Å²) < 4.78 is 44.1. The second-order valence-electron chi connectivity index (χ2n) is 4.54. The molecule has 0 fully saturated rings. The highest BCUT2D eigenvalue weighted by molar-refractivity contribution is 5.87. The molecule has 8 heteroatoms. The normalized spacial score (nSPS) is 12.8. The molecule has 0 bridgehead atoms. The van der Waals surface area contributed by atoms with Gasteiger partial charge in [-0.1, -0.05) is 18.2 Å². The number of rotatable bonds is 4. The van der Waals surface area contributed by atoms with Gasteiger partial charge < -0.3 is 4.74 Å². The van der Waals surface area contributed by atoms with Crippen LogP contribution in [-0.4, -0.2) is 29.1 Å². The van der Waals surface area contributed by atoms with Crippen LogP contribution < -0.4 is 10.1 Å². The molecule has 0 aliphatic carbocycles. The number of nitrogens with zero attached hydrogens (tertiary/aromatic N) is 2. The monoisotopic (exact) mass is 313 g/mol. The first-order valence-corrected chi connectivity index (χ1v) is 6.33. The lowest BCUT2D eigenvalue weighted by molar-refractivity contribution is -0.170. The van der Waals surface area contributed by atoms with E-state index in [0.29, 0.717) is 17.0 Å². The van der Waals surface area contributed by atoms with Gasteiger partial charge in [0.25, 0.3) is 0 Å². The van der Waals surface area contributed by atoms with Gasteiger partial charge in [-0.3, -0.25) is 14.8 Å². The minimum absolute atomic E-state index is 0.325. The number of carbonyl (C=O) groups excluding carboxylic acids is 1. The largest absolute Gasteiger partial charge is 0.496 e. The number of methoxy groups -OCH3 is 1. The predicted molar refractivity (Wildman–Crippen MR) is 72.2 cm³/mol. The molecule has 0 saturated heterocycles. The van der Waals surface area contributed by atoms with Gasteiger partial charge in [-0.15, -0.1) is 0 Å². The standard InChI is InChI=1S/C14H14F3N3O2/c1-20-10(7-8-18-20)12(13(21)19-14(15,16)17)9-5-3-4-6-11(9)22-2/h3-8,12H,1-2H3,(H,19,21). The molecular formula is C14H14F3N3O2. The van der Waals surface area contributed by atoms with Crippen LogP contribution in [0, 0.1) is 0 Å². The highest BCUT2D eigenvalue weighted by atomic mass is 19.4. The Labute approximate surface area is 124 Å². The molecule has 1 N–H and O–H groups in total. The smallest absolute Gasteiger partial charge is 0.484 e. The molecule has 118 valence electrons. The minimum atomic E-state index is -4.81. The first-order chi connectivity index (χ1) is 10.3. The molecule has 0 radical (unpaired) electrons. The third-order valence-electron chi connectivity index (χ3n) is 3.13. The second-order valence-corrected chi connectivity index (χ2v) is 4.54. The first kappa shape index (κ1) is 15.9. The van der Waals surface area contributed by atoms with Gasteiger partial charge in [0.1, 0.15) is 11.7 Å². The van der Waals surface area contributed by atoms with Gasteiger partial charge in [0.15, 0.2) is 0 Å². The van der Waals surface area contributed by atoms with Crippen molar-refractivity contribution < 1.29 is 22.7 Å². The topological polar surface area (TPSA) is 56.1 Å². The van der Waals surface area contributed by atoms with Crippen LogP contribution in [0.3, 0.4) is 0 Å². The Kier molecular flexibility index (Phi) is 4.39. The van der Waals surface area contributed by atoms with Crippen LogP contribution in [0.15, 0.2) is 36.5 Å². The van der Waals surface area contributed by atoms with Crippen LogP contribution in [0.2, 0.25) is 0 Å². The van der Waals surface area contributed by atoms with E-state index in [9.17, 15) is 18.0 Å².